The van der Waals surface area contributed by atoms with Crippen molar-refractivity contribution in [1.82, 2.24) is 25.4 Å². The monoisotopic (exact) mass is 284 g/mol. The van der Waals surface area contributed by atoms with E-state index in [1.807, 2.05) is 6.07 Å². The maximum atomic E-state index is 4.62. The molecule has 2 aromatic rings. The van der Waals surface area contributed by atoms with Crippen molar-refractivity contribution in [2.24, 2.45) is 0 Å². The van der Waals surface area contributed by atoms with E-state index in [-0.39, 0.29) is 0 Å². The van der Waals surface area contributed by atoms with Gasteiger partial charge in [0.05, 0.1) is 11.9 Å². The van der Waals surface area contributed by atoms with Crippen molar-refractivity contribution < 1.29 is 0 Å². The Bertz CT molecular complexity index is 612. The molecule has 0 unspecified atom stereocenters. The maximum Gasteiger partial charge on any atom is 0.248 e. The Kier molecular flexibility index (Phi) is 3.29. The van der Waals surface area contributed by atoms with Crippen LogP contribution >= 0.6 is 0 Å². The number of aromatic nitrogens is 5. The summed E-state index contributed by atoms with van der Waals surface area (Å²) < 4.78 is 0. The van der Waals surface area contributed by atoms with E-state index in [0.29, 0.717) is 17.8 Å². The smallest absolute Gasteiger partial charge is 0.248 e. The van der Waals surface area contributed by atoms with Gasteiger partial charge in [-0.15, -0.1) is 5.10 Å². The fraction of sp³-hybridized carbons (Fsp3) is 0.600. The molecule has 0 radical (unpaired) electrons. The van der Waals surface area contributed by atoms with Gasteiger partial charge in [0, 0.05) is 23.6 Å². The molecule has 6 nitrogen and oxygen atoms in total. The van der Waals surface area contributed by atoms with Gasteiger partial charge >= 0.3 is 0 Å². The van der Waals surface area contributed by atoms with Crippen molar-refractivity contribution in [2.45, 2.75) is 56.8 Å². The molecule has 6 heteroatoms. The van der Waals surface area contributed by atoms with Gasteiger partial charge in [-0.2, -0.15) is 10.2 Å². The predicted molar refractivity (Wildman–Crippen MR) is 79.5 cm³/mol. The van der Waals surface area contributed by atoms with Gasteiger partial charge in [0.2, 0.25) is 5.95 Å². The van der Waals surface area contributed by atoms with E-state index < -0.39 is 0 Å². The van der Waals surface area contributed by atoms with Crippen LogP contribution in [0.5, 0.6) is 0 Å². The molecule has 2 heterocycles. The van der Waals surface area contributed by atoms with E-state index >= 15 is 0 Å². The number of aromatic amines is 1. The van der Waals surface area contributed by atoms with Crippen LogP contribution in [-0.2, 0) is 0 Å². The highest BCUT2D eigenvalue weighted by Crippen LogP contribution is 2.39. The molecule has 2 aromatic heterocycles. The van der Waals surface area contributed by atoms with Gasteiger partial charge < -0.3 is 5.32 Å². The van der Waals surface area contributed by atoms with Gasteiger partial charge in [-0.3, -0.25) is 5.10 Å². The summed E-state index contributed by atoms with van der Waals surface area (Å²) in [7, 11) is 0. The van der Waals surface area contributed by atoms with E-state index in [1.54, 1.807) is 6.20 Å². The molecule has 0 amide bonds. The number of anilines is 2. The van der Waals surface area contributed by atoms with Crippen molar-refractivity contribution in [3.05, 3.63) is 23.7 Å². The molecule has 2 aliphatic carbocycles. The van der Waals surface area contributed by atoms with Crippen LogP contribution < -0.4 is 5.32 Å². The number of rotatable bonds is 4. The van der Waals surface area contributed by atoms with Crippen molar-refractivity contribution in [3.63, 3.8) is 0 Å². The Morgan fingerprint density at radius 1 is 1.05 bits per heavy atom. The van der Waals surface area contributed by atoms with Crippen molar-refractivity contribution in [1.29, 1.82) is 0 Å². The molecule has 0 saturated heterocycles. The predicted octanol–water partition coefficient (Wildman–Crippen LogP) is 3.26. The lowest BCUT2D eigenvalue weighted by atomic mass is 9.87. The normalized spacial score (nSPS) is 19.6. The minimum Gasteiger partial charge on any atom is -0.306 e. The van der Waals surface area contributed by atoms with Crippen LogP contribution in [0.3, 0.4) is 0 Å². The third-order valence-corrected chi connectivity index (χ3v) is 4.46. The Labute approximate surface area is 123 Å². The minimum absolute atomic E-state index is 0.538. The highest BCUT2D eigenvalue weighted by atomic mass is 15.3. The van der Waals surface area contributed by atoms with Crippen LogP contribution in [0.15, 0.2) is 12.3 Å². The first-order chi connectivity index (χ1) is 10.4. The summed E-state index contributed by atoms with van der Waals surface area (Å²) in [6, 6.07) is 2.05. The van der Waals surface area contributed by atoms with E-state index in [0.717, 1.165) is 11.5 Å². The molecule has 0 aliphatic heterocycles. The first-order valence-electron chi connectivity index (χ1n) is 7.90. The molecule has 0 bridgehead atoms. The molecular formula is C15H20N6. The molecule has 2 N–H and O–H groups in total. The third-order valence-electron chi connectivity index (χ3n) is 4.46. The van der Waals surface area contributed by atoms with Gasteiger partial charge in [-0.1, -0.05) is 19.3 Å². The Morgan fingerprint density at radius 2 is 1.90 bits per heavy atom. The second-order valence-corrected chi connectivity index (χ2v) is 6.15. The van der Waals surface area contributed by atoms with E-state index in [1.165, 1.54) is 50.6 Å². The molecule has 110 valence electrons. The number of nitrogens with one attached hydrogen (secondary N) is 2. The lowest BCUT2D eigenvalue weighted by Gasteiger charge is -2.20. The van der Waals surface area contributed by atoms with Crippen LogP contribution in [0.2, 0.25) is 0 Å². The molecular weight excluding hydrogens is 264 g/mol. The fourth-order valence-corrected chi connectivity index (χ4v) is 3.08. The van der Waals surface area contributed by atoms with Crippen LogP contribution in [0.4, 0.5) is 11.8 Å². The summed E-state index contributed by atoms with van der Waals surface area (Å²) in [5.74, 6) is 2.53. The Morgan fingerprint density at radius 3 is 2.71 bits per heavy atom. The average molecular weight is 284 g/mol. The zero-order valence-corrected chi connectivity index (χ0v) is 12.0. The van der Waals surface area contributed by atoms with Gasteiger partial charge in [0.25, 0.3) is 0 Å². The molecule has 2 aliphatic rings. The average Bonchev–Trinajstić information content (AvgIpc) is 3.29. The van der Waals surface area contributed by atoms with Gasteiger partial charge in [-0.25, -0.2) is 4.98 Å². The molecule has 0 aromatic carbocycles. The Hall–Kier alpha value is -1.98. The van der Waals surface area contributed by atoms with Crippen LogP contribution in [0, 0.1) is 0 Å². The van der Waals surface area contributed by atoms with Gasteiger partial charge in [0.15, 0.2) is 5.82 Å². The Balaban J connectivity index is 1.48. The van der Waals surface area contributed by atoms with Crippen molar-refractivity contribution >= 4 is 11.8 Å². The summed E-state index contributed by atoms with van der Waals surface area (Å²) >= 11 is 0. The first kappa shape index (κ1) is 12.7. The zero-order valence-electron chi connectivity index (χ0n) is 12.0. The second kappa shape index (κ2) is 5.42. The van der Waals surface area contributed by atoms with Crippen LogP contribution in [-0.4, -0.2) is 25.4 Å². The van der Waals surface area contributed by atoms with E-state index in [4.69, 9.17) is 0 Å². The molecule has 0 atom stereocenters. The largest absolute Gasteiger partial charge is 0.306 e. The van der Waals surface area contributed by atoms with Crippen LogP contribution in [0.1, 0.15) is 68.2 Å². The maximum absolute atomic E-state index is 4.62. The fourth-order valence-electron chi connectivity index (χ4n) is 3.08. The topological polar surface area (TPSA) is 79.4 Å². The number of nitrogens with zero attached hydrogens (tertiary/aromatic N) is 4. The summed E-state index contributed by atoms with van der Waals surface area (Å²) in [4.78, 5) is 4.62. The molecule has 2 fully saturated rings. The summed E-state index contributed by atoms with van der Waals surface area (Å²) in [6.45, 7) is 0. The van der Waals surface area contributed by atoms with Gasteiger partial charge in [0.1, 0.15) is 0 Å². The zero-order chi connectivity index (χ0) is 14.1. The highest BCUT2D eigenvalue weighted by molar-refractivity contribution is 5.48. The second-order valence-electron chi connectivity index (χ2n) is 6.15. The highest BCUT2D eigenvalue weighted by Gasteiger charge is 2.25. The number of hydrogen-bond acceptors (Lipinski definition) is 5. The van der Waals surface area contributed by atoms with Gasteiger partial charge in [-0.05, 0) is 25.7 Å². The quantitative estimate of drug-likeness (QED) is 0.900. The SMILES string of the molecule is c1nnc(Nc2cc(C3CC3)[nH]n2)nc1C1CCCCC1. The minimum atomic E-state index is 0.538. The summed E-state index contributed by atoms with van der Waals surface area (Å²) in [5.41, 5.74) is 2.26. The van der Waals surface area contributed by atoms with Crippen molar-refractivity contribution in [2.75, 3.05) is 5.32 Å². The third kappa shape index (κ3) is 2.89. The lowest BCUT2D eigenvalue weighted by molar-refractivity contribution is 0.435. The van der Waals surface area contributed by atoms with Crippen molar-refractivity contribution in [3.8, 4) is 0 Å². The van der Waals surface area contributed by atoms with E-state index in [2.05, 4.69) is 30.7 Å². The summed E-state index contributed by atoms with van der Waals surface area (Å²) in [5, 5.41) is 18.7. The molecule has 2 saturated carbocycles. The number of H-pyrrole nitrogens is 1. The van der Waals surface area contributed by atoms with E-state index in [9.17, 15) is 0 Å². The van der Waals surface area contributed by atoms with Crippen LogP contribution in [0.25, 0.3) is 0 Å². The molecule has 0 spiro atoms. The molecule has 21 heavy (non-hydrogen) atoms. The molecule has 4 rings (SSSR count). The number of hydrogen-bond donors (Lipinski definition) is 2. The lowest BCUT2D eigenvalue weighted by Crippen LogP contribution is -2.09. The summed E-state index contributed by atoms with van der Waals surface area (Å²) in [6.07, 6.45) is 10.7. The first-order valence-corrected chi connectivity index (χ1v) is 7.90. The standard InChI is InChI=1S/C15H20N6/c1-2-4-10(5-3-1)13-9-16-21-15(17-13)18-14-8-12(19-20-14)11-6-7-11/h8-11H,1-7H2,(H2,17,18,19,20,21).